The summed E-state index contributed by atoms with van der Waals surface area (Å²) in [6, 6.07) is 14.4. The lowest BCUT2D eigenvalue weighted by Crippen LogP contribution is -2.11. The lowest BCUT2D eigenvalue weighted by atomic mass is 10.2. The van der Waals surface area contributed by atoms with Gasteiger partial charge in [0, 0.05) is 4.70 Å². The fourth-order valence-corrected chi connectivity index (χ4v) is 3.48. The van der Waals surface area contributed by atoms with Crippen molar-refractivity contribution in [3.05, 3.63) is 59.0 Å². The molecule has 4 rings (SSSR count). The molecular formula is C17H11N3O3S. The van der Waals surface area contributed by atoms with E-state index in [2.05, 4.69) is 15.3 Å². The Bertz CT molecular complexity index is 1060. The molecule has 0 unspecified atom stereocenters. The van der Waals surface area contributed by atoms with E-state index < -0.39 is 5.97 Å². The fourth-order valence-electron chi connectivity index (χ4n) is 2.53. The standard InChI is InChI=1S/C17H11N3O3S/c21-15(13-8-9-4-1-2-7-12(9)24-13)20-17-18-11-6-3-5-10(16(22)23)14(11)19-17/h1-8H,(H,22,23)(H2,18,19,20,21). The Morgan fingerprint density at radius 3 is 2.75 bits per heavy atom. The van der Waals surface area contributed by atoms with Crippen LogP contribution in [0, 0.1) is 0 Å². The normalized spacial score (nSPS) is 11.0. The lowest BCUT2D eigenvalue weighted by Gasteiger charge is -1.97. The number of aromatic carboxylic acids is 1. The number of nitrogens with zero attached hydrogens (tertiary/aromatic N) is 1. The van der Waals surface area contributed by atoms with Crippen molar-refractivity contribution >= 4 is 50.3 Å². The van der Waals surface area contributed by atoms with E-state index in [9.17, 15) is 14.7 Å². The van der Waals surface area contributed by atoms with Gasteiger partial charge in [0.05, 0.1) is 16.0 Å². The first-order valence-corrected chi connectivity index (χ1v) is 7.95. The van der Waals surface area contributed by atoms with E-state index >= 15 is 0 Å². The number of hydrogen-bond donors (Lipinski definition) is 3. The fraction of sp³-hybridized carbons (Fsp3) is 0. The number of fused-ring (bicyclic) bond motifs is 2. The molecule has 2 aromatic carbocycles. The van der Waals surface area contributed by atoms with E-state index in [0.717, 1.165) is 10.1 Å². The third kappa shape index (κ3) is 2.40. The van der Waals surface area contributed by atoms with Gasteiger partial charge in [0.25, 0.3) is 5.91 Å². The molecule has 0 bridgehead atoms. The monoisotopic (exact) mass is 337 g/mol. The van der Waals surface area contributed by atoms with Crippen LogP contribution < -0.4 is 5.32 Å². The minimum absolute atomic E-state index is 0.0890. The highest BCUT2D eigenvalue weighted by atomic mass is 32.1. The number of aromatic amines is 1. The van der Waals surface area contributed by atoms with Gasteiger partial charge in [-0.1, -0.05) is 24.3 Å². The van der Waals surface area contributed by atoms with Crippen molar-refractivity contribution in [2.75, 3.05) is 5.32 Å². The molecule has 0 aliphatic rings. The average molecular weight is 337 g/mol. The minimum Gasteiger partial charge on any atom is -0.478 e. The number of imidazole rings is 1. The van der Waals surface area contributed by atoms with Crippen molar-refractivity contribution in [2.45, 2.75) is 0 Å². The van der Waals surface area contributed by atoms with Gasteiger partial charge in [0.1, 0.15) is 5.52 Å². The Morgan fingerprint density at radius 1 is 1.12 bits per heavy atom. The molecule has 2 aromatic heterocycles. The van der Waals surface area contributed by atoms with Crippen LogP contribution in [-0.2, 0) is 0 Å². The van der Waals surface area contributed by atoms with Crippen LogP contribution >= 0.6 is 11.3 Å². The Labute approximate surface area is 139 Å². The maximum absolute atomic E-state index is 12.4. The van der Waals surface area contributed by atoms with Gasteiger partial charge in [0.15, 0.2) is 0 Å². The number of H-pyrrole nitrogens is 1. The second-order valence-corrected chi connectivity index (χ2v) is 6.28. The molecule has 24 heavy (non-hydrogen) atoms. The predicted octanol–water partition coefficient (Wildman–Crippen LogP) is 3.73. The van der Waals surface area contributed by atoms with Crippen LogP contribution in [0.5, 0.6) is 0 Å². The quantitative estimate of drug-likeness (QED) is 0.531. The lowest BCUT2D eigenvalue weighted by molar-refractivity contribution is 0.0698. The van der Waals surface area contributed by atoms with E-state index in [4.69, 9.17) is 0 Å². The summed E-state index contributed by atoms with van der Waals surface area (Å²) in [5, 5.41) is 12.9. The molecular weight excluding hydrogens is 326 g/mol. The van der Waals surface area contributed by atoms with E-state index in [1.165, 1.54) is 17.4 Å². The van der Waals surface area contributed by atoms with Crippen LogP contribution in [-0.4, -0.2) is 27.0 Å². The largest absolute Gasteiger partial charge is 0.478 e. The summed E-state index contributed by atoms with van der Waals surface area (Å²) >= 11 is 1.39. The molecule has 3 N–H and O–H groups in total. The number of carbonyl (C=O) groups is 2. The van der Waals surface area contributed by atoms with E-state index in [0.29, 0.717) is 15.9 Å². The molecule has 0 aliphatic heterocycles. The third-order valence-electron chi connectivity index (χ3n) is 3.62. The number of para-hydroxylation sites is 1. The van der Waals surface area contributed by atoms with Gasteiger partial charge >= 0.3 is 5.97 Å². The van der Waals surface area contributed by atoms with Crippen molar-refractivity contribution in [3.8, 4) is 0 Å². The van der Waals surface area contributed by atoms with Crippen LogP contribution in [0.3, 0.4) is 0 Å². The number of nitrogens with one attached hydrogen (secondary N) is 2. The van der Waals surface area contributed by atoms with Gasteiger partial charge in [-0.3, -0.25) is 10.1 Å². The molecule has 118 valence electrons. The van der Waals surface area contributed by atoms with Gasteiger partial charge in [-0.15, -0.1) is 11.3 Å². The summed E-state index contributed by atoms with van der Waals surface area (Å²) in [7, 11) is 0. The second-order valence-electron chi connectivity index (χ2n) is 5.19. The van der Waals surface area contributed by atoms with Crippen LogP contribution in [0.4, 0.5) is 5.95 Å². The average Bonchev–Trinajstić information content (AvgIpc) is 3.17. The number of carboxylic acids is 1. The highest BCUT2D eigenvalue weighted by molar-refractivity contribution is 7.20. The molecule has 0 spiro atoms. The molecule has 0 aliphatic carbocycles. The number of rotatable bonds is 3. The topological polar surface area (TPSA) is 95.1 Å². The number of thiophene rings is 1. The van der Waals surface area contributed by atoms with Crippen LogP contribution in [0.2, 0.25) is 0 Å². The molecule has 7 heteroatoms. The van der Waals surface area contributed by atoms with E-state index in [1.807, 2.05) is 30.3 Å². The SMILES string of the molecule is O=C(Nc1nc2c(C(=O)O)cccc2[nH]1)c1cc2ccccc2s1. The minimum atomic E-state index is -1.06. The highest BCUT2D eigenvalue weighted by Crippen LogP contribution is 2.26. The summed E-state index contributed by atoms with van der Waals surface area (Å²) < 4.78 is 1.03. The van der Waals surface area contributed by atoms with Crippen LogP contribution in [0.1, 0.15) is 20.0 Å². The predicted molar refractivity (Wildman–Crippen MR) is 92.8 cm³/mol. The molecule has 0 fully saturated rings. The molecule has 0 radical (unpaired) electrons. The molecule has 2 heterocycles. The molecule has 0 saturated heterocycles. The number of hydrogen-bond acceptors (Lipinski definition) is 4. The molecule has 6 nitrogen and oxygen atoms in total. The summed E-state index contributed by atoms with van der Waals surface area (Å²) in [6.07, 6.45) is 0. The van der Waals surface area contributed by atoms with E-state index in [-0.39, 0.29) is 17.4 Å². The zero-order valence-electron chi connectivity index (χ0n) is 12.2. The number of aromatic nitrogens is 2. The number of amides is 1. The molecule has 1 amide bonds. The number of carboxylic acid groups (broad SMARTS) is 1. The van der Waals surface area contributed by atoms with Crippen molar-refractivity contribution in [1.82, 2.24) is 9.97 Å². The van der Waals surface area contributed by atoms with Crippen molar-refractivity contribution in [1.29, 1.82) is 0 Å². The van der Waals surface area contributed by atoms with Gasteiger partial charge < -0.3 is 10.1 Å². The van der Waals surface area contributed by atoms with Crippen molar-refractivity contribution < 1.29 is 14.7 Å². The highest BCUT2D eigenvalue weighted by Gasteiger charge is 2.15. The smallest absolute Gasteiger partial charge is 0.337 e. The third-order valence-corrected chi connectivity index (χ3v) is 4.74. The Balaban J connectivity index is 1.67. The summed E-state index contributed by atoms with van der Waals surface area (Å²) in [5.41, 5.74) is 0.962. The summed E-state index contributed by atoms with van der Waals surface area (Å²) in [5.74, 6) is -1.12. The molecule has 4 aromatic rings. The summed E-state index contributed by atoms with van der Waals surface area (Å²) in [6.45, 7) is 0. The molecule has 0 atom stereocenters. The van der Waals surface area contributed by atoms with Crippen LogP contribution in [0.15, 0.2) is 48.5 Å². The van der Waals surface area contributed by atoms with Gasteiger partial charge in [-0.25, -0.2) is 9.78 Å². The maximum atomic E-state index is 12.4. The molecule has 0 saturated carbocycles. The summed E-state index contributed by atoms with van der Waals surface area (Å²) in [4.78, 5) is 31.3. The van der Waals surface area contributed by atoms with Gasteiger partial charge in [-0.05, 0) is 29.7 Å². The Kier molecular flexibility index (Phi) is 3.28. The first-order chi connectivity index (χ1) is 11.6. The van der Waals surface area contributed by atoms with Gasteiger partial charge in [0.2, 0.25) is 5.95 Å². The number of anilines is 1. The number of carbonyl (C=O) groups excluding carboxylic acids is 1. The number of benzene rings is 2. The Hall–Kier alpha value is -3.19. The maximum Gasteiger partial charge on any atom is 0.337 e. The van der Waals surface area contributed by atoms with Crippen molar-refractivity contribution in [3.63, 3.8) is 0 Å². The first-order valence-electron chi connectivity index (χ1n) is 7.14. The van der Waals surface area contributed by atoms with Crippen LogP contribution in [0.25, 0.3) is 21.1 Å². The van der Waals surface area contributed by atoms with Gasteiger partial charge in [-0.2, -0.15) is 0 Å². The zero-order valence-corrected chi connectivity index (χ0v) is 13.1. The first kappa shape index (κ1) is 14.4. The zero-order chi connectivity index (χ0) is 16.7. The second kappa shape index (κ2) is 5.47. The Morgan fingerprint density at radius 2 is 1.96 bits per heavy atom. The van der Waals surface area contributed by atoms with E-state index in [1.54, 1.807) is 12.1 Å². The van der Waals surface area contributed by atoms with Crippen molar-refractivity contribution in [2.24, 2.45) is 0 Å².